The Bertz CT molecular complexity index is 1260. The average Bonchev–Trinajstić information content (AvgIpc) is 3.09. The van der Waals surface area contributed by atoms with E-state index < -0.39 is 11.7 Å². The highest BCUT2D eigenvalue weighted by Crippen LogP contribution is 2.42. The van der Waals surface area contributed by atoms with Crippen molar-refractivity contribution in [1.29, 1.82) is 0 Å². The van der Waals surface area contributed by atoms with Gasteiger partial charge >= 0.3 is 6.09 Å². The summed E-state index contributed by atoms with van der Waals surface area (Å²) in [6.07, 6.45) is 0.284. The molecule has 0 aromatic heterocycles. The molecule has 5 nitrogen and oxygen atoms in total. The van der Waals surface area contributed by atoms with E-state index in [9.17, 15) is 4.79 Å². The van der Waals surface area contributed by atoms with Crippen LogP contribution in [0.15, 0.2) is 54.6 Å². The zero-order chi connectivity index (χ0) is 21.8. The molecule has 0 spiro atoms. The molecule has 160 valence electrons. The molecule has 0 bridgehead atoms. The Morgan fingerprint density at radius 3 is 2.48 bits per heavy atom. The van der Waals surface area contributed by atoms with Crippen molar-refractivity contribution in [1.82, 2.24) is 10.4 Å². The van der Waals surface area contributed by atoms with Crippen LogP contribution in [-0.2, 0) is 9.57 Å². The van der Waals surface area contributed by atoms with Crippen molar-refractivity contribution < 1.29 is 14.4 Å². The van der Waals surface area contributed by atoms with Gasteiger partial charge in [0, 0.05) is 13.6 Å². The number of benzene rings is 4. The smallest absolute Gasteiger partial charge is 0.407 e. The minimum Gasteiger partial charge on any atom is -0.444 e. The van der Waals surface area contributed by atoms with Crippen molar-refractivity contribution in [3.63, 3.8) is 0 Å². The van der Waals surface area contributed by atoms with Crippen LogP contribution < -0.4 is 5.32 Å². The zero-order valence-corrected chi connectivity index (χ0v) is 18.4. The maximum Gasteiger partial charge on any atom is 0.407 e. The van der Waals surface area contributed by atoms with Gasteiger partial charge in [-0.15, -0.1) is 0 Å². The van der Waals surface area contributed by atoms with Crippen molar-refractivity contribution in [3.05, 3.63) is 60.2 Å². The lowest BCUT2D eigenvalue weighted by Gasteiger charge is -2.22. The van der Waals surface area contributed by atoms with Gasteiger partial charge in [0.05, 0.1) is 12.1 Å². The molecule has 5 rings (SSSR count). The highest BCUT2D eigenvalue weighted by atomic mass is 16.7. The van der Waals surface area contributed by atoms with E-state index in [1.54, 1.807) is 0 Å². The fourth-order valence-corrected chi connectivity index (χ4v) is 4.77. The molecule has 1 aliphatic rings. The topological polar surface area (TPSA) is 50.8 Å². The third-order valence-electron chi connectivity index (χ3n) is 6.01. The Balaban J connectivity index is 1.46. The van der Waals surface area contributed by atoms with Crippen LogP contribution in [0.1, 0.15) is 38.8 Å². The minimum absolute atomic E-state index is 0.101. The predicted molar refractivity (Wildman–Crippen MR) is 124 cm³/mol. The SMILES string of the molecule is CN1O[C@H](CNC(=O)OC(C)(C)C)C[C@@H]1c1cc2cccc3ccc4cccc1c4c32. The minimum atomic E-state index is -0.514. The van der Waals surface area contributed by atoms with E-state index in [4.69, 9.17) is 9.57 Å². The number of hydroxylamine groups is 2. The standard InChI is InChI=1S/C26H28N2O3/c1-26(2,3)30-25(29)27-15-19-14-22(28(4)31-19)21-13-18-9-5-7-16-11-12-17-8-6-10-20(21)24(17)23(16)18/h5-13,19,22H,14-15H2,1-4H3,(H,27,29)/t19-,22+/m0/s1. The Morgan fingerprint density at radius 2 is 1.74 bits per heavy atom. The molecular weight excluding hydrogens is 388 g/mol. The van der Waals surface area contributed by atoms with E-state index in [1.807, 2.05) is 32.9 Å². The van der Waals surface area contributed by atoms with Gasteiger partial charge in [0.15, 0.2) is 0 Å². The summed E-state index contributed by atoms with van der Waals surface area (Å²) in [5.74, 6) is 0. The predicted octanol–water partition coefficient (Wildman–Crippen LogP) is 5.79. The van der Waals surface area contributed by atoms with Crippen LogP contribution in [0.2, 0.25) is 0 Å². The number of hydrogen-bond acceptors (Lipinski definition) is 4. The molecule has 2 atom stereocenters. The number of hydrogen-bond donors (Lipinski definition) is 1. The highest BCUT2D eigenvalue weighted by Gasteiger charge is 2.34. The molecule has 1 amide bonds. The molecule has 4 aromatic rings. The van der Waals surface area contributed by atoms with E-state index in [-0.39, 0.29) is 12.1 Å². The second kappa shape index (κ2) is 7.36. The van der Waals surface area contributed by atoms with Crippen molar-refractivity contribution in [3.8, 4) is 0 Å². The van der Waals surface area contributed by atoms with Crippen molar-refractivity contribution in [2.24, 2.45) is 0 Å². The number of nitrogens with one attached hydrogen (secondary N) is 1. The van der Waals surface area contributed by atoms with E-state index in [0.29, 0.717) is 6.54 Å². The van der Waals surface area contributed by atoms with Gasteiger partial charge in [-0.25, -0.2) is 4.79 Å². The van der Waals surface area contributed by atoms with Crippen LogP contribution in [0.4, 0.5) is 4.79 Å². The second-order valence-corrected chi connectivity index (χ2v) is 9.42. The van der Waals surface area contributed by atoms with Gasteiger partial charge in [0.1, 0.15) is 5.60 Å². The van der Waals surface area contributed by atoms with Gasteiger partial charge < -0.3 is 10.1 Å². The molecule has 31 heavy (non-hydrogen) atoms. The Hall–Kier alpha value is -2.89. The summed E-state index contributed by atoms with van der Waals surface area (Å²) in [4.78, 5) is 18.1. The number of carbonyl (C=O) groups is 1. The number of carbonyl (C=O) groups excluding carboxylic acids is 1. The lowest BCUT2D eigenvalue weighted by molar-refractivity contribution is -0.142. The van der Waals surface area contributed by atoms with E-state index in [2.05, 4.69) is 59.9 Å². The lowest BCUT2D eigenvalue weighted by atomic mass is 9.88. The molecule has 0 aliphatic carbocycles. The molecule has 0 radical (unpaired) electrons. The lowest BCUT2D eigenvalue weighted by Crippen LogP contribution is -2.37. The quantitative estimate of drug-likeness (QED) is 0.430. The summed E-state index contributed by atoms with van der Waals surface area (Å²) in [6.45, 7) is 5.99. The second-order valence-electron chi connectivity index (χ2n) is 9.42. The molecule has 0 saturated carbocycles. The van der Waals surface area contributed by atoms with Crippen molar-refractivity contribution >= 4 is 38.4 Å². The van der Waals surface area contributed by atoms with Gasteiger partial charge in [-0.05, 0) is 71.1 Å². The number of rotatable bonds is 3. The van der Waals surface area contributed by atoms with Crippen molar-refractivity contribution in [2.75, 3.05) is 13.6 Å². The Labute approximate surface area is 182 Å². The van der Waals surface area contributed by atoms with Gasteiger partial charge in [-0.2, -0.15) is 5.06 Å². The van der Waals surface area contributed by atoms with E-state index in [0.717, 1.165) is 6.42 Å². The normalized spacial score (nSPS) is 20.1. The highest BCUT2D eigenvalue weighted by molar-refractivity contribution is 6.23. The van der Waals surface area contributed by atoms with Crippen molar-refractivity contribution in [2.45, 2.75) is 44.9 Å². The summed E-state index contributed by atoms with van der Waals surface area (Å²) in [7, 11) is 1.97. The van der Waals surface area contributed by atoms with Gasteiger partial charge in [0.25, 0.3) is 0 Å². The summed E-state index contributed by atoms with van der Waals surface area (Å²) < 4.78 is 5.35. The third kappa shape index (κ3) is 3.68. The average molecular weight is 417 g/mol. The Kier molecular flexibility index (Phi) is 4.76. The molecule has 1 saturated heterocycles. The molecule has 1 fully saturated rings. The summed E-state index contributed by atoms with van der Waals surface area (Å²) >= 11 is 0. The van der Waals surface area contributed by atoms with Crippen LogP contribution in [-0.4, -0.2) is 36.5 Å². The number of ether oxygens (including phenoxy) is 1. The zero-order valence-electron chi connectivity index (χ0n) is 18.4. The van der Waals surface area contributed by atoms with Gasteiger partial charge in [-0.1, -0.05) is 48.5 Å². The van der Waals surface area contributed by atoms with E-state index in [1.165, 1.54) is 37.9 Å². The van der Waals surface area contributed by atoms with Crippen LogP contribution in [0.25, 0.3) is 32.3 Å². The van der Waals surface area contributed by atoms with Crippen LogP contribution in [0.5, 0.6) is 0 Å². The monoisotopic (exact) mass is 416 g/mol. The third-order valence-corrected chi connectivity index (χ3v) is 6.01. The summed E-state index contributed by atoms with van der Waals surface area (Å²) in [5, 5.41) is 12.5. The molecule has 5 heteroatoms. The first kappa shape index (κ1) is 20.0. The maximum atomic E-state index is 12.0. The molecule has 1 heterocycles. The fraction of sp³-hybridized carbons (Fsp3) is 0.346. The van der Waals surface area contributed by atoms with Crippen LogP contribution in [0, 0.1) is 0 Å². The maximum absolute atomic E-state index is 12.0. The first-order chi connectivity index (χ1) is 14.8. The molecule has 1 aliphatic heterocycles. The first-order valence-electron chi connectivity index (χ1n) is 10.8. The summed E-state index contributed by atoms with van der Waals surface area (Å²) in [5.41, 5.74) is 0.749. The van der Waals surface area contributed by atoms with Gasteiger partial charge in [0.2, 0.25) is 0 Å². The van der Waals surface area contributed by atoms with Crippen LogP contribution in [0.3, 0.4) is 0 Å². The van der Waals surface area contributed by atoms with Gasteiger partial charge in [-0.3, -0.25) is 4.84 Å². The Morgan fingerprint density at radius 1 is 1.06 bits per heavy atom. The molecule has 0 unspecified atom stereocenters. The number of nitrogens with zero attached hydrogens (tertiary/aromatic N) is 1. The number of alkyl carbamates (subject to hydrolysis) is 1. The first-order valence-corrected chi connectivity index (χ1v) is 10.8. The van der Waals surface area contributed by atoms with Crippen LogP contribution >= 0.6 is 0 Å². The summed E-state index contributed by atoms with van der Waals surface area (Å²) in [6, 6.07) is 19.8. The van der Waals surface area contributed by atoms with E-state index >= 15 is 0 Å². The molecule has 4 aromatic carbocycles. The fourth-order valence-electron chi connectivity index (χ4n) is 4.77. The molecular formula is C26H28N2O3. The number of amides is 1. The molecule has 1 N–H and O–H groups in total. The largest absolute Gasteiger partial charge is 0.444 e.